The van der Waals surface area contributed by atoms with E-state index in [-0.39, 0.29) is 36.5 Å². The van der Waals surface area contributed by atoms with Crippen LogP contribution in [0.25, 0.3) is 0 Å². The van der Waals surface area contributed by atoms with E-state index in [0.29, 0.717) is 0 Å². The van der Waals surface area contributed by atoms with Gasteiger partial charge in [-0.25, -0.2) is 0 Å². The monoisotopic (exact) mass is 804 g/mol. The van der Waals surface area contributed by atoms with E-state index in [4.69, 9.17) is 14.2 Å². The van der Waals surface area contributed by atoms with Gasteiger partial charge in [-0.3, -0.25) is 19.2 Å². The van der Waals surface area contributed by atoms with Crippen LogP contribution in [-0.2, 0) is 19.2 Å². The summed E-state index contributed by atoms with van der Waals surface area (Å²) in [6.07, 6.45) is -1.89. The molecule has 0 bridgehead atoms. The normalized spacial score (nSPS) is 16.0. The predicted molar refractivity (Wildman–Crippen MR) is 166 cm³/mol. The van der Waals surface area contributed by atoms with Crippen molar-refractivity contribution in [1.82, 2.24) is 0 Å². The SMILES string of the molecule is CC(C)(CC(Br)C(=O)O)C(=O)Oc1cc(OC(=O)C(C)(C)CC(Br)C(=O)O)cc(OC(C)(O)C(C)(C)CC(Br)C(O)O)c1. The van der Waals surface area contributed by atoms with Gasteiger partial charge < -0.3 is 39.7 Å². The fraction of sp³-hybridized carbons (Fsp3) is 0.643. The fourth-order valence-electron chi connectivity index (χ4n) is 3.60. The third-order valence-electron chi connectivity index (χ3n) is 6.90. The molecule has 5 N–H and O–H groups in total. The summed E-state index contributed by atoms with van der Waals surface area (Å²) in [6, 6.07) is 3.74. The van der Waals surface area contributed by atoms with Crippen LogP contribution in [0.1, 0.15) is 67.7 Å². The van der Waals surface area contributed by atoms with E-state index >= 15 is 0 Å². The molecule has 1 aromatic carbocycles. The maximum atomic E-state index is 13.1. The molecule has 0 aliphatic rings. The Kier molecular flexibility index (Phi) is 13.7. The van der Waals surface area contributed by atoms with Gasteiger partial charge in [-0.2, -0.15) is 0 Å². The number of aliphatic carboxylic acids is 2. The number of carboxylic acid groups (broad SMARTS) is 2. The molecule has 0 heterocycles. The number of hydrogen-bond donors (Lipinski definition) is 5. The molecule has 0 aromatic heterocycles. The van der Waals surface area contributed by atoms with E-state index in [1.165, 1.54) is 52.8 Å². The summed E-state index contributed by atoms with van der Waals surface area (Å²) in [5.74, 6) is -6.28. The van der Waals surface area contributed by atoms with Crippen molar-refractivity contribution in [2.75, 3.05) is 0 Å². The summed E-state index contributed by atoms with van der Waals surface area (Å²) >= 11 is 9.19. The highest BCUT2D eigenvalue weighted by Crippen LogP contribution is 2.41. The second-order valence-corrected chi connectivity index (χ2v) is 15.7. The molecule has 4 atom stereocenters. The summed E-state index contributed by atoms with van der Waals surface area (Å²) in [5, 5.41) is 48.7. The Balaban J connectivity index is 3.48. The summed E-state index contributed by atoms with van der Waals surface area (Å²) in [4.78, 5) is 45.9. The van der Waals surface area contributed by atoms with Crippen LogP contribution >= 0.6 is 47.8 Å². The molecule has 244 valence electrons. The lowest BCUT2D eigenvalue weighted by Gasteiger charge is -2.41. The van der Waals surface area contributed by atoms with Gasteiger partial charge in [-0.15, -0.1) is 0 Å². The van der Waals surface area contributed by atoms with Gasteiger partial charge in [0.15, 0.2) is 6.29 Å². The number of rotatable bonds is 16. The molecule has 4 unspecified atom stereocenters. The number of hydrogen-bond acceptors (Lipinski definition) is 10. The minimum Gasteiger partial charge on any atom is -0.480 e. The van der Waals surface area contributed by atoms with Crippen molar-refractivity contribution >= 4 is 71.7 Å². The van der Waals surface area contributed by atoms with Crippen LogP contribution in [0, 0.1) is 16.2 Å². The van der Waals surface area contributed by atoms with Gasteiger partial charge in [0, 0.05) is 30.5 Å². The van der Waals surface area contributed by atoms with E-state index in [9.17, 15) is 44.7 Å². The molecule has 15 heteroatoms. The molecule has 0 aliphatic heterocycles. The number of benzene rings is 1. The van der Waals surface area contributed by atoms with E-state index in [1.807, 2.05) is 0 Å². The smallest absolute Gasteiger partial charge is 0.317 e. The summed E-state index contributed by atoms with van der Waals surface area (Å²) in [5.41, 5.74) is -3.64. The largest absolute Gasteiger partial charge is 0.480 e. The third kappa shape index (κ3) is 11.6. The zero-order valence-corrected chi connectivity index (χ0v) is 29.6. The molecule has 0 fully saturated rings. The Morgan fingerprint density at radius 2 is 1.05 bits per heavy atom. The Labute approximate surface area is 275 Å². The van der Waals surface area contributed by atoms with E-state index in [2.05, 4.69) is 47.8 Å². The highest BCUT2D eigenvalue weighted by Gasteiger charge is 2.44. The predicted octanol–water partition coefficient (Wildman–Crippen LogP) is 4.60. The van der Waals surface area contributed by atoms with E-state index in [0.717, 1.165) is 0 Å². The lowest BCUT2D eigenvalue weighted by Crippen LogP contribution is -2.49. The van der Waals surface area contributed by atoms with Crippen LogP contribution in [0.2, 0.25) is 0 Å². The molecule has 0 saturated carbocycles. The summed E-state index contributed by atoms with van der Waals surface area (Å²) < 4.78 is 16.9. The van der Waals surface area contributed by atoms with Gasteiger partial charge >= 0.3 is 23.9 Å². The van der Waals surface area contributed by atoms with E-state index in [1.54, 1.807) is 13.8 Å². The molecule has 0 amide bonds. The molecular weight excluding hydrogens is 768 g/mol. The van der Waals surface area contributed by atoms with E-state index < -0.39 is 66.7 Å². The van der Waals surface area contributed by atoms with Gasteiger partial charge in [0.05, 0.1) is 15.7 Å². The van der Waals surface area contributed by atoms with Crippen LogP contribution in [-0.4, -0.2) is 76.0 Å². The van der Waals surface area contributed by atoms with Crippen molar-refractivity contribution in [2.24, 2.45) is 16.2 Å². The average molecular weight is 807 g/mol. The molecule has 12 nitrogen and oxygen atoms in total. The maximum Gasteiger partial charge on any atom is 0.317 e. The number of carbonyl (C=O) groups excluding carboxylic acids is 2. The number of carbonyl (C=O) groups is 4. The molecule has 0 aliphatic carbocycles. The number of aliphatic hydroxyl groups is 3. The maximum absolute atomic E-state index is 13.1. The Morgan fingerprint density at radius 3 is 1.37 bits per heavy atom. The average Bonchev–Trinajstić information content (AvgIpc) is 2.82. The first-order valence-electron chi connectivity index (χ1n) is 13.1. The molecular formula is C28H39Br3O12. The van der Waals surface area contributed by atoms with Crippen LogP contribution in [0.5, 0.6) is 17.2 Å². The molecule has 1 rings (SSSR count). The second kappa shape index (κ2) is 15.0. The molecule has 43 heavy (non-hydrogen) atoms. The Hall–Kier alpha value is -1.78. The van der Waals surface area contributed by atoms with Gasteiger partial charge in [0.25, 0.3) is 0 Å². The third-order valence-corrected chi connectivity index (χ3v) is 9.12. The lowest BCUT2D eigenvalue weighted by molar-refractivity contribution is -0.203. The highest BCUT2D eigenvalue weighted by atomic mass is 79.9. The van der Waals surface area contributed by atoms with Gasteiger partial charge in [0.2, 0.25) is 5.79 Å². The Morgan fingerprint density at radius 1 is 0.698 bits per heavy atom. The lowest BCUT2D eigenvalue weighted by atomic mass is 9.79. The number of carboxylic acids is 2. The number of alkyl halides is 3. The first-order valence-corrected chi connectivity index (χ1v) is 15.8. The minimum atomic E-state index is -1.95. The van der Waals surface area contributed by atoms with Crippen molar-refractivity contribution < 1.29 is 58.9 Å². The number of esters is 2. The summed E-state index contributed by atoms with van der Waals surface area (Å²) in [7, 11) is 0. The zero-order chi connectivity index (χ0) is 33.7. The van der Waals surface area contributed by atoms with Gasteiger partial charge in [0.1, 0.15) is 26.9 Å². The molecule has 1 aromatic rings. The number of halogens is 3. The van der Waals surface area contributed by atoms with Crippen LogP contribution in [0.3, 0.4) is 0 Å². The minimum absolute atomic E-state index is 0.0468. The quantitative estimate of drug-likeness (QED) is 0.0675. The van der Waals surface area contributed by atoms with Crippen molar-refractivity contribution in [3.8, 4) is 17.2 Å². The van der Waals surface area contributed by atoms with Crippen LogP contribution in [0.4, 0.5) is 0 Å². The molecule has 0 spiro atoms. The van der Waals surface area contributed by atoms with Crippen molar-refractivity contribution in [3.63, 3.8) is 0 Å². The Bertz CT molecular complexity index is 1110. The number of ether oxygens (including phenoxy) is 3. The van der Waals surface area contributed by atoms with Crippen molar-refractivity contribution in [2.45, 2.75) is 94.3 Å². The topological polar surface area (TPSA) is 197 Å². The zero-order valence-electron chi connectivity index (χ0n) is 24.9. The molecule has 0 radical (unpaired) electrons. The second-order valence-electron chi connectivity index (χ2n) is 12.3. The van der Waals surface area contributed by atoms with Gasteiger partial charge in [-0.05, 0) is 47.0 Å². The molecule has 0 saturated heterocycles. The number of aliphatic hydroxyl groups excluding tert-OH is 1. The van der Waals surface area contributed by atoms with Gasteiger partial charge in [-0.1, -0.05) is 61.6 Å². The van der Waals surface area contributed by atoms with Crippen molar-refractivity contribution in [1.29, 1.82) is 0 Å². The fourth-order valence-corrected chi connectivity index (χ4v) is 6.03. The standard InChI is InChI=1S/C28H39Br3O12/c1-25(2,11-17(29)20(32)33)23(38)41-14-8-15(42-24(39)26(3,4)12-18(30)21(34)35)10-16(9-14)43-28(7,40)27(5,6)13-19(31)22(36)37/h8-10,17-19,22,36-37,40H,11-13H2,1-7H3,(H,32,33)(H,34,35). The van der Waals surface area contributed by atoms with Crippen LogP contribution in [0.15, 0.2) is 18.2 Å². The van der Waals surface area contributed by atoms with Crippen molar-refractivity contribution in [3.05, 3.63) is 18.2 Å². The highest BCUT2D eigenvalue weighted by molar-refractivity contribution is 9.10. The van der Waals surface area contributed by atoms with Crippen LogP contribution < -0.4 is 14.2 Å². The first-order chi connectivity index (χ1) is 19.3. The first kappa shape index (κ1) is 39.2. The summed E-state index contributed by atoms with van der Waals surface area (Å²) in [6.45, 7) is 10.6.